The van der Waals surface area contributed by atoms with E-state index in [9.17, 15) is 14.4 Å². The molecule has 0 fully saturated rings. The SMILES string of the molecule is COC(=O)CCC(=O)Nc1ccc2c(c1)N(CCOc1cccc(C)c1)C(=O)C(C)O2. The maximum absolute atomic E-state index is 12.7. The van der Waals surface area contributed by atoms with E-state index in [2.05, 4.69) is 10.1 Å². The Hall–Kier alpha value is -3.55. The van der Waals surface area contributed by atoms with Crippen molar-refractivity contribution in [2.24, 2.45) is 0 Å². The zero-order chi connectivity index (χ0) is 22.4. The number of benzene rings is 2. The number of carbonyl (C=O) groups excluding carboxylic acids is 3. The van der Waals surface area contributed by atoms with Crippen molar-refractivity contribution in [1.82, 2.24) is 0 Å². The number of fused-ring (bicyclic) bond motifs is 1. The summed E-state index contributed by atoms with van der Waals surface area (Å²) in [4.78, 5) is 37.7. The average Bonchev–Trinajstić information content (AvgIpc) is 2.75. The van der Waals surface area contributed by atoms with Crippen LogP contribution in [-0.4, -0.2) is 44.1 Å². The maximum Gasteiger partial charge on any atom is 0.306 e. The molecule has 164 valence electrons. The van der Waals surface area contributed by atoms with Gasteiger partial charge in [-0.1, -0.05) is 12.1 Å². The second kappa shape index (κ2) is 9.97. The number of nitrogens with one attached hydrogen (secondary N) is 1. The number of rotatable bonds is 8. The van der Waals surface area contributed by atoms with Gasteiger partial charge in [0.1, 0.15) is 18.1 Å². The summed E-state index contributed by atoms with van der Waals surface area (Å²) in [5, 5.41) is 2.73. The molecule has 0 radical (unpaired) electrons. The molecule has 8 nitrogen and oxygen atoms in total. The van der Waals surface area contributed by atoms with Gasteiger partial charge in [-0.15, -0.1) is 0 Å². The van der Waals surface area contributed by atoms with Crippen LogP contribution in [0.5, 0.6) is 11.5 Å². The fourth-order valence-corrected chi connectivity index (χ4v) is 3.22. The molecule has 0 spiro atoms. The number of methoxy groups -OCH3 is 1. The second-order valence-electron chi connectivity index (χ2n) is 7.22. The first-order valence-corrected chi connectivity index (χ1v) is 10.1. The molecule has 0 bridgehead atoms. The molecule has 1 aliphatic heterocycles. The molecule has 2 amide bonds. The van der Waals surface area contributed by atoms with Crippen molar-refractivity contribution >= 4 is 29.2 Å². The number of aryl methyl sites for hydroxylation is 1. The minimum atomic E-state index is -0.619. The predicted molar refractivity (Wildman–Crippen MR) is 115 cm³/mol. The fourth-order valence-electron chi connectivity index (χ4n) is 3.22. The predicted octanol–water partition coefficient (Wildman–Crippen LogP) is 3.08. The number of ether oxygens (including phenoxy) is 3. The summed E-state index contributed by atoms with van der Waals surface area (Å²) in [6.07, 6.45) is -0.619. The molecular formula is C23H26N2O6. The molecule has 1 atom stereocenters. The van der Waals surface area contributed by atoms with Crippen LogP contribution in [0.3, 0.4) is 0 Å². The van der Waals surface area contributed by atoms with Crippen LogP contribution in [0.4, 0.5) is 11.4 Å². The number of carbonyl (C=O) groups is 3. The Morgan fingerprint density at radius 3 is 2.71 bits per heavy atom. The number of nitrogens with zero attached hydrogens (tertiary/aromatic N) is 1. The van der Waals surface area contributed by atoms with Gasteiger partial charge in [-0.3, -0.25) is 14.4 Å². The molecule has 0 saturated heterocycles. The van der Waals surface area contributed by atoms with Crippen LogP contribution in [0.1, 0.15) is 25.3 Å². The Morgan fingerprint density at radius 2 is 1.97 bits per heavy atom. The summed E-state index contributed by atoms with van der Waals surface area (Å²) in [6, 6.07) is 12.8. The largest absolute Gasteiger partial charge is 0.492 e. The lowest BCUT2D eigenvalue weighted by Crippen LogP contribution is -2.46. The smallest absolute Gasteiger partial charge is 0.306 e. The zero-order valence-corrected chi connectivity index (χ0v) is 17.8. The van der Waals surface area contributed by atoms with Gasteiger partial charge in [0.25, 0.3) is 5.91 Å². The topological polar surface area (TPSA) is 94.2 Å². The number of anilines is 2. The quantitative estimate of drug-likeness (QED) is 0.652. The van der Waals surface area contributed by atoms with E-state index in [1.807, 2.05) is 31.2 Å². The van der Waals surface area contributed by atoms with Gasteiger partial charge < -0.3 is 24.4 Å². The third-order valence-electron chi connectivity index (χ3n) is 4.81. The van der Waals surface area contributed by atoms with Gasteiger partial charge in [-0.05, 0) is 49.7 Å². The Labute approximate surface area is 181 Å². The highest BCUT2D eigenvalue weighted by Gasteiger charge is 2.31. The average molecular weight is 426 g/mol. The lowest BCUT2D eigenvalue weighted by molar-refractivity contribution is -0.141. The van der Waals surface area contributed by atoms with Crippen molar-refractivity contribution in [3.05, 3.63) is 48.0 Å². The van der Waals surface area contributed by atoms with Crippen molar-refractivity contribution in [2.45, 2.75) is 32.8 Å². The van der Waals surface area contributed by atoms with Gasteiger partial charge in [-0.25, -0.2) is 0 Å². The summed E-state index contributed by atoms with van der Waals surface area (Å²) in [7, 11) is 1.28. The van der Waals surface area contributed by atoms with E-state index in [1.54, 1.807) is 30.0 Å². The number of esters is 1. The minimum Gasteiger partial charge on any atom is -0.492 e. The van der Waals surface area contributed by atoms with Crippen molar-refractivity contribution in [3.8, 4) is 11.5 Å². The Kier molecular flexibility index (Phi) is 7.12. The first kappa shape index (κ1) is 22.1. The van der Waals surface area contributed by atoms with E-state index >= 15 is 0 Å². The summed E-state index contributed by atoms with van der Waals surface area (Å²) >= 11 is 0. The normalized spacial score (nSPS) is 15.0. The van der Waals surface area contributed by atoms with Crippen LogP contribution in [-0.2, 0) is 19.1 Å². The van der Waals surface area contributed by atoms with E-state index in [4.69, 9.17) is 9.47 Å². The molecule has 1 unspecified atom stereocenters. The summed E-state index contributed by atoms with van der Waals surface area (Å²) < 4.78 is 16.0. The van der Waals surface area contributed by atoms with Crippen LogP contribution in [0.25, 0.3) is 0 Å². The molecule has 8 heteroatoms. The Morgan fingerprint density at radius 1 is 1.16 bits per heavy atom. The highest BCUT2D eigenvalue weighted by Crippen LogP contribution is 2.36. The lowest BCUT2D eigenvalue weighted by Gasteiger charge is -2.33. The van der Waals surface area contributed by atoms with E-state index in [-0.39, 0.29) is 24.7 Å². The number of amides is 2. The van der Waals surface area contributed by atoms with Crippen molar-refractivity contribution in [3.63, 3.8) is 0 Å². The number of hydrogen-bond donors (Lipinski definition) is 1. The molecule has 0 aromatic heterocycles. The molecule has 2 aromatic carbocycles. The first-order chi connectivity index (χ1) is 14.9. The zero-order valence-electron chi connectivity index (χ0n) is 17.8. The van der Waals surface area contributed by atoms with Crippen LogP contribution < -0.4 is 19.7 Å². The molecule has 3 rings (SSSR count). The van der Waals surface area contributed by atoms with Crippen molar-refractivity contribution in [2.75, 3.05) is 30.5 Å². The molecule has 1 aliphatic rings. The van der Waals surface area contributed by atoms with Gasteiger partial charge in [0.15, 0.2) is 6.10 Å². The molecule has 1 heterocycles. The summed E-state index contributed by atoms with van der Waals surface area (Å²) in [5.74, 6) is 0.329. The van der Waals surface area contributed by atoms with E-state index < -0.39 is 12.1 Å². The van der Waals surface area contributed by atoms with Crippen LogP contribution >= 0.6 is 0 Å². The number of hydrogen-bond acceptors (Lipinski definition) is 6. The summed E-state index contributed by atoms with van der Waals surface area (Å²) in [5.41, 5.74) is 2.15. The Balaban J connectivity index is 1.69. The lowest BCUT2D eigenvalue weighted by atomic mass is 10.1. The Bertz CT molecular complexity index is 974. The van der Waals surface area contributed by atoms with E-state index in [0.29, 0.717) is 30.3 Å². The monoisotopic (exact) mass is 426 g/mol. The highest BCUT2D eigenvalue weighted by atomic mass is 16.5. The van der Waals surface area contributed by atoms with Gasteiger partial charge in [-0.2, -0.15) is 0 Å². The van der Waals surface area contributed by atoms with Crippen LogP contribution in [0.2, 0.25) is 0 Å². The minimum absolute atomic E-state index is 0.00424. The molecule has 1 N–H and O–H groups in total. The van der Waals surface area contributed by atoms with Gasteiger partial charge in [0.05, 0.1) is 25.8 Å². The van der Waals surface area contributed by atoms with E-state index in [0.717, 1.165) is 11.3 Å². The standard InChI is InChI=1S/C23H26N2O6/c1-15-5-4-6-18(13-15)30-12-11-25-19-14-17(24-21(26)9-10-22(27)29-3)7-8-20(19)31-16(2)23(25)28/h4-8,13-14,16H,9-12H2,1-3H3,(H,24,26). The maximum atomic E-state index is 12.7. The highest BCUT2D eigenvalue weighted by molar-refractivity contribution is 6.01. The fraction of sp³-hybridized carbons (Fsp3) is 0.348. The third kappa shape index (κ3) is 5.75. The van der Waals surface area contributed by atoms with E-state index in [1.165, 1.54) is 7.11 Å². The van der Waals surface area contributed by atoms with Crippen LogP contribution in [0.15, 0.2) is 42.5 Å². The van der Waals surface area contributed by atoms with Gasteiger partial charge >= 0.3 is 5.97 Å². The molecule has 31 heavy (non-hydrogen) atoms. The molecule has 0 saturated carbocycles. The van der Waals surface area contributed by atoms with Crippen molar-refractivity contribution in [1.29, 1.82) is 0 Å². The van der Waals surface area contributed by atoms with Crippen LogP contribution in [0, 0.1) is 6.92 Å². The molecule has 0 aliphatic carbocycles. The first-order valence-electron chi connectivity index (χ1n) is 10.1. The molecular weight excluding hydrogens is 400 g/mol. The second-order valence-corrected chi connectivity index (χ2v) is 7.22. The third-order valence-corrected chi connectivity index (χ3v) is 4.81. The molecule has 2 aromatic rings. The van der Waals surface area contributed by atoms with Crippen molar-refractivity contribution < 1.29 is 28.6 Å². The summed E-state index contributed by atoms with van der Waals surface area (Å²) in [6.45, 7) is 4.31. The van der Waals surface area contributed by atoms with Gasteiger partial charge in [0, 0.05) is 12.1 Å². The van der Waals surface area contributed by atoms with Gasteiger partial charge in [0.2, 0.25) is 5.91 Å².